The second kappa shape index (κ2) is 3.73. The maximum Gasteiger partial charge on any atom is 0.236 e. The molecule has 3 nitrogen and oxygen atoms in total. The third kappa shape index (κ3) is 1.75. The fraction of sp³-hybridized carbons (Fsp3) is 0. The Morgan fingerprint density at radius 3 is 2.47 bits per heavy atom. The van der Waals surface area contributed by atoms with Crippen molar-refractivity contribution in [3.8, 4) is 0 Å². The third-order valence-electron chi connectivity index (χ3n) is 1.90. The summed E-state index contributed by atoms with van der Waals surface area (Å²) in [5.41, 5.74) is 0.518. The topological polar surface area (TPSA) is 46.5 Å². The lowest BCUT2D eigenvalue weighted by molar-refractivity contribution is 0.615. The molecule has 0 aromatic heterocycles. The van der Waals surface area contributed by atoms with Crippen LogP contribution in [0.5, 0.6) is 0 Å². The van der Waals surface area contributed by atoms with Crippen LogP contribution in [-0.2, 0) is 9.84 Å². The summed E-state index contributed by atoms with van der Waals surface area (Å²) in [4.78, 5) is 3.81. The van der Waals surface area contributed by atoms with Crippen LogP contribution in [0.2, 0.25) is 0 Å². The molecule has 0 bridgehead atoms. The van der Waals surface area contributed by atoms with E-state index in [0.29, 0.717) is 10.0 Å². The Morgan fingerprint density at radius 1 is 1.27 bits per heavy atom. The van der Waals surface area contributed by atoms with Crippen LogP contribution in [-0.4, -0.2) is 13.5 Å². The van der Waals surface area contributed by atoms with Crippen molar-refractivity contribution in [2.75, 3.05) is 0 Å². The molecule has 1 aliphatic rings. The highest BCUT2D eigenvalue weighted by Crippen LogP contribution is 2.28. The van der Waals surface area contributed by atoms with Crippen LogP contribution in [0.1, 0.15) is 5.56 Å². The molecule has 78 valence electrons. The van der Waals surface area contributed by atoms with Crippen molar-refractivity contribution in [2.45, 2.75) is 0 Å². The number of halogens is 2. The maximum atomic E-state index is 11.7. The number of nitrogens with zero attached hydrogens (tertiary/aromatic N) is 1. The Kier molecular flexibility index (Phi) is 2.70. The first-order valence-electron chi connectivity index (χ1n) is 3.97. The second-order valence-corrected chi connectivity index (χ2v) is 6.17. The summed E-state index contributed by atoms with van der Waals surface area (Å²) in [5.74, 6) is 0. The van der Waals surface area contributed by atoms with Gasteiger partial charge in [-0.3, -0.25) is 0 Å². The van der Waals surface area contributed by atoms with Gasteiger partial charge in [0.1, 0.15) is 0 Å². The van der Waals surface area contributed by atoms with E-state index in [0.717, 1.165) is 6.20 Å². The SMILES string of the molecule is O=S1(=O)C(Cl)=CN=C1c1ccccc1Br. The standard InChI is InChI=1S/C9H5BrClNO2S/c10-7-4-2-1-3-6(7)9-12-5-8(11)15(9,13)14/h1-5H. The zero-order chi connectivity index (χ0) is 11.1. The van der Waals surface area contributed by atoms with Crippen molar-refractivity contribution >= 4 is 42.4 Å². The van der Waals surface area contributed by atoms with Gasteiger partial charge >= 0.3 is 0 Å². The van der Waals surface area contributed by atoms with Crippen molar-refractivity contribution in [1.29, 1.82) is 0 Å². The Labute approximate surface area is 101 Å². The number of sulfone groups is 1. The molecule has 0 saturated carbocycles. The first-order valence-corrected chi connectivity index (χ1v) is 6.62. The van der Waals surface area contributed by atoms with Gasteiger partial charge in [0, 0.05) is 10.0 Å². The van der Waals surface area contributed by atoms with Crippen molar-refractivity contribution < 1.29 is 8.42 Å². The minimum Gasteiger partial charge on any atom is -0.241 e. The lowest BCUT2D eigenvalue weighted by atomic mass is 10.2. The number of rotatable bonds is 1. The van der Waals surface area contributed by atoms with Crippen LogP contribution in [0.3, 0.4) is 0 Å². The van der Waals surface area contributed by atoms with Crippen molar-refractivity contribution in [1.82, 2.24) is 0 Å². The molecular weight excluding hydrogens is 302 g/mol. The predicted molar refractivity (Wildman–Crippen MR) is 63.5 cm³/mol. The molecule has 0 aliphatic carbocycles. The lowest BCUT2D eigenvalue weighted by Crippen LogP contribution is -2.12. The average Bonchev–Trinajstić information content (AvgIpc) is 2.44. The van der Waals surface area contributed by atoms with Crippen LogP contribution in [0.15, 0.2) is 44.3 Å². The van der Waals surface area contributed by atoms with Crippen LogP contribution < -0.4 is 0 Å². The molecule has 2 rings (SSSR count). The van der Waals surface area contributed by atoms with Crippen molar-refractivity contribution in [3.63, 3.8) is 0 Å². The molecule has 1 heterocycles. The molecule has 0 saturated heterocycles. The zero-order valence-corrected chi connectivity index (χ0v) is 10.5. The van der Waals surface area contributed by atoms with Crippen LogP contribution >= 0.6 is 27.5 Å². The lowest BCUT2D eigenvalue weighted by Gasteiger charge is -2.03. The summed E-state index contributed by atoms with van der Waals surface area (Å²) in [5, 5.41) is -0.0139. The van der Waals surface area contributed by atoms with Gasteiger partial charge in [0.25, 0.3) is 0 Å². The Bertz CT molecular complexity index is 578. The average molecular weight is 307 g/mol. The van der Waals surface area contributed by atoms with Gasteiger partial charge in [-0.1, -0.05) is 45.7 Å². The Balaban J connectivity index is 2.59. The molecule has 15 heavy (non-hydrogen) atoms. The Morgan fingerprint density at radius 2 is 1.93 bits per heavy atom. The van der Waals surface area contributed by atoms with Gasteiger partial charge in [0.2, 0.25) is 9.84 Å². The van der Waals surface area contributed by atoms with Gasteiger partial charge < -0.3 is 0 Å². The van der Waals surface area contributed by atoms with Gasteiger partial charge in [0.15, 0.2) is 9.41 Å². The first kappa shape index (κ1) is 10.9. The van der Waals surface area contributed by atoms with Crippen LogP contribution in [0.25, 0.3) is 0 Å². The molecule has 0 spiro atoms. The number of hydrogen-bond donors (Lipinski definition) is 0. The zero-order valence-electron chi connectivity index (χ0n) is 7.31. The fourth-order valence-corrected chi connectivity index (χ4v) is 3.10. The Hall–Kier alpha value is -0.650. The molecule has 0 fully saturated rings. The van der Waals surface area contributed by atoms with Crippen molar-refractivity contribution in [2.24, 2.45) is 4.99 Å². The predicted octanol–water partition coefficient (Wildman–Crippen LogP) is 2.66. The quantitative estimate of drug-likeness (QED) is 0.801. The minimum absolute atomic E-state index is 0.0139. The van der Waals surface area contributed by atoms with E-state index < -0.39 is 9.84 Å². The molecular formula is C9H5BrClNO2S. The molecule has 1 aromatic rings. The minimum atomic E-state index is -3.59. The largest absolute Gasteiger partial charge is 0.241 e. The molecule has 1 aromatic carbocycles. The molecule has 0 unspecified atom stereocenters. The molecule has 0 N–H and O–H groups in total. The number of hydrogen-bond acceptors (Lipinski definition) is 3. The van der Waals surface area contributed by atoms with Gasteiger partial charge in [-0.2, -0.15) is 0 Å². The van der Waals surface area contributed by atoms with Gasteiger partial charge in [-0.05, 0) is 6.07 Å². The van der Waals surface area contributed by atoms with E-state index in [9.17, 15) is 8.42 Å². The van der Waals surface area contributed by atoms with E-state index in [1.165, 1.54) is 0 Å². The number of benzene rings is 1. The van der Waals surface area contributed by atoms with E-state index in [2.05, 4.69) is 20.9 Å². The van der Waals surface area contributed by atoms with Gasteiger partial charge in [-0.15, -0.1) is 0 Å². The summed E-state index contributed by atoms with van der Waals surface area (Å²) in [7, 11) is -3.59. The van der Waals surface area contributed by atoms with Gasteiger partial charge in [-0.25, -0.2) is 13.4 Å². The third-order valence-corrected chi connectivity index (χ3v) is 4.75. The fourth-order valence-electron chi connectivity index (χ4n) is 1.19. The molecule has 1 aliphatic heterocycles. The first-order chi connectivity index (χ1) is 7.03. The van der Waals surface area contributed by atoms with E-state index in [1.54, 1.807) is 24.3 Å². The summed E-state index contributed by atoms with van der Waals surface area (Å²) < 4.78 is 23.8. The van der Waals surface area contributed by atoms with Crippen LogP contribution in [0.4, 0.5) is 0 Å². The molecule has 6 heteroatoms. The molecule has 0 radical (unpaired) electrons. The summed E-state index contributed by atoms with van der Waals surface area (Å²) in [6, 6.07) is 6.96. The highest BCUT2D eigenvalue weighted by atomic mass is 79.9. The van der Waals surface area contributed by atoms with E-state index in [1.807, 2.05) is 0 Å². The molecule has 0 atom stereocenters. The van der Waals surface area contributed by atoms with E-state index in [-0.39, 0.29) is 9.41 Å². The second-order valence-electron chi connectivity index (χ2n) is 2.85. The smallest absolute Gasteiger partial charge is 0.236 e. The molecule has 0 amide bonds. The summed E-state index contributed by atoms with van der Waals surface area (Å²) >= 11 is 8.81. The van der Waals surface area contributed by atoms with Crippen molar-refractivity contribution in [3.05, 3.63) is 44.9 Å². The summed E-state index contributed by atoms with van der Waals surface area (Å²) in [6.07, 6.45) is 1.14. The van der Waals surface area contributed by atoms with E-state index in [4.69, 9.17) is 11.6 Å². The maximum absolute atomic E-state index is 11.7. The monoisotopic (exact) mass is 305 g/mol. The highest BCUT2D eigenvalue weighted by Gasteiger charge is 2.30. The van der Waals surface area contributed by atoms with Gasteiger partial charge in [0.05, 0.1) is 6.20 Å². The highest BCUT2D eigenvalue weighted by molar-refractivity contribution is 9.10. The van der Waals surface area contributed by atoms with E-state index >= 15 is 0 Å². The normalized spacial score (nSPS) is 18.5. The number of aliphatic imine (C=N–C) groups is 1. The summed E-state index contributed by atoms with van der Waals surface area (Å²) in [6.45, 7) is 0. The van der Waals surface area contributed by atoms with Crippen LogP contribution in [0, 0.1) is 0 Å².